The molecule has 0 saturated heterocycles. The maximum Gasteiger partial charge on any atom is 0.256 e. The lowest BCUT2D eigenvalue weighted by atomic mass is 10.2. The maximum atomic E-state index is 11.7. The van der Waals surface area contributed by atoms with Crippen molar-refractivity contribution in [1.29, 1.82) is 0 Å². The van der Waals surface area contributed by atoms with Crippen molar-refractivity contribution >= 4 is 5.91 Å². The molecule has 0 aromatic carbocycles. The fourth-order valence-corrected chi connectivity index (χ4v) is 1.28. The molecule has 0 fully saturated rings. The molecule has 16 heavy (non-hydrogen) atoms. The van der Waals surface area contributed by atoms with Gasteiger partial charge < -0.3 is 10.3 Å². The molecule has 0 aliphatic rings. The Bertz CT molecular complexity index is 483. The third-order valence-corrected chi connectivity index (χ3v) is 2.10. The van der Waals surface area contributed by atoms with Crippen molar-refractivity contribution in [2.75, 3.05) is 0 Å². The zero-order chi connectivity index (χ0) is 12.1. The van der Waals surface area contributed by atoms with Crippen LogP contribution in [0.25, 0.3) is 0 Å². The summed E-state index contributed by atoms with van der Waals surface area (Å²) in [4.78, 5) is 26.0. The Labute approximate surface area is 94.1 Å². The molecule has 1 heterocycles. The lowest BCUT2D eigenvalue weighted by Crippen LogP contribution is -2.35. The summed E-state index contributed by atoms with van der Waals surface area (Å²) in [5.41, 5.74) is 0.536. The van der Waals surface area contributed by atoms with Gasteiger partial charge in [0.15, 0.2) is 5.43 Å². The van der Waals surface area contributed by atoms with Crippen LogP contribution in [0.15, 0.2) is 17.1 Å². The molecule has 1 amide bonds. The van der Waals surface area contributed by atoms with Gasteiger partial charge in [-0.15, -0.1) is 12.3 Å². The van der Waals surface area contributed by atoms with Gasteiger partial charge in [0, 0.05) is 30.4 Å². The van der Waals surface area contributed by atoms with E-state index >= 15 is 0 Å². The number of carbonyl (C=O) groups excluding carboxylic acids is 1. The first-order chi connectivity index (χ1) is 7.54. The van der Waals surface area contributed by atoms with Crippen molar-refractivity contribution < 1.29 is 4.79 Å². The largest absolute Gasteiger partial charge is 0.364 e. The Morgan fingerprint density at radius 3 is 2.94 bits per heavy atom. The Balaban J connectivity index is 2.82. The van der Waals surface area contributed by atoms with E-state index in [9.17, 15) is 9.59 Å². The van der Waals surface area contributed by atoms with Gasteiger partial charge in [0.2, 0.25) is 0 Å². The number of amides is 1. The van der Waals surface area contributed by atoms with E-state index in [1.807, 2.05) is 0 Å². The summed E-state index contributed by atoms with van der Waals surface area (Å²) in [6.07, 6.45) is 6.98. The van der Waals surface area contributed by atoms with E-state index in [4.69, 9.17) is 6.42 Å². The molecule has 1 atom stereocenters. The first-order valence-electron chi connectivity index (χ1n) is 4.98. The van der Waals surface area contributed by atoms with Gasteiger partial charge in [-0.25, -0.2) is 0 Å². The van der Waals surface area contributed by atoms with E-state index in [0.717, 1.165) is 5.69 Å². The minimum atomic E-state index is -0.399. The summed E-state index contributed by atoms with van der Waals surface area (Å²) in [6, 6.07) is 1.25. The topological polar surface area (TPSA) is 62.0 Å². The van der Waals surface area contributed by atoms with E-state index < -0.39 is 5.91 Å². The highest BCUT2D eigenvalue weighted by Crippen LogP contribution is 1.95. The van der Waals surface area contributed by atoms with Crippen molar-refractivity contribution in [3.63, 3.8) is 0 Å². The minimum Gasteiger partial charge on any atom is -0.364 e. The second kappa shape index (κ2) is 5.17. The van der Waals surface area contributed by atoms with Gasteiger partial charge in [-0.1, -0.05) is 0 Å². The summed E-state index contributed by atoms with van der Waals surface area (Å²) >= 11 is 0. The molecular formula is C12H14N2O2. The van der Waals surface area contributed by atoms with E-state index in [-0.39, 0.29) is 17.0 Å². The molecule has 1 aromatic heterocycles. The fraction of sp³-hybridized carbons (Fsp3) is 0.333. The van der Waals surface area contributed by atoms with Crippen molar-refractivity contribution in [3.8, 4) is 12.3 Å². The third-order valence-electron chi connectivity index (χ3n) is 2.10. The number of terminal acetylenes is 1. The average molecular weight is 218 g/mol. The molecule has 2 N–H and O–H groups in total. The van der Waals surface area contributed by atoms with E-state index in [1.54, 1.807) is 13.8 Å². The van der Waals surface area contributed by atoms with Crippen LogP contribution in [0.3, 0.4) is 0 Å². The molecule has 0 radical (unpaired) electrons. The number of pyridine rings is 1. The van der Waals surface area contributed by atoms with Gasteiger partial charge in [0.25, 0.3) is 5.91 Å². The standard InChI is InChI=1S/C12H14N2O2/c1-4-5-8(2)14-12(16)10-7-13-9(3)6-11(10)15/h1,6-8H,5H2,2-3H3,(H,13,15)(H,14,16). The SMILES string of the molecule is C#CCC(C)NC(=O)c1c[nH]c(C)cc1=O. The third kappa shape index (κ3) is 2.99. The molecule has 1 rings (SSSR count). The van der Waals surface area contributed by atoms with Crippen molar-refractivity contribution in [2.24, 2.45) is 0 Å². The maximum absolute atomic E-state index is 11.7. The normalized spacial score (nSPS) is 11.6. The number of aromatic nitrogens is 1. The van der Waals surface area contributed by atoms with Crippen LogP contribution in [-0.4, -0.2) is 16.9 Å². The number of hydrogen-bond acceptors (Lipinski definition) is 2. The molecule has 0 spiro atoms. The molecule has 4 nitrogen and oxygen atoms in total. The lowest BCUT2D eigenvalue weighted by Gasteiger charge is -2.10. The number of hydrogen-bond donors (Lipinski definition) is 2. The predicted molar refractivity (Wildman–Crippen MR) is 62.2 cm³/mol. The average Bonchev–Trinajstić information content (AvgIpc) is 2.17. The van der Waals surface area contributed by atoms with Crippen LogP contribution in [0.1, 0.15) is 29.4 Å². The quantitative estimate of drug-likeness (QED) is 0.738. The van der Waals surface area contributed by atoms with Gasteiger partial charge in [-0.05, 0) is 13.8 Å². The molecular weight excluding hydrogens is 204 g/mol. The fourth-order valence-electron chi connectivity index (χ4n) is 1.28. The molecule has 0 bridgehead atoms. The number of rotatable bonds is 3. The van der Waals surface area contributed by atoms with E-state index in [0.29, 0.717) is 6.42 Å². The Morgan fingerprint density at radius 1 is 1.69 bits per heavy atom. The predicted octanol–water partition coefficient (Wildman–Crippen LogP) is 0.825. The monoisotopic (exact) mass is 218 g/mol. The highest BCUT2D eigenvalue weighted by molar-refractivity contribution is 5.93. The number of aromatic amines is 1. The summed E-state index contributed by atoms with van der Waals surface area (Å²) in [7, 11) is 0. The molecule has 1 aromatic rings. The molecule has 4 heteroatoms. The van der Waals surface area contributed by atoms with Crippen LogP contribution in [-0.2, 0) is 0 Å². The number of H-pyrrole nitrogens is 1. The zero-order valence-electron chi connectivity index (χ0n) is 9.33. The second-order valence-electron chi connectivity index (χ2n) is 3.68. The van der Waals surface area contributed by atoms with Crippen molar-refractivity contribution in [2.45, 2.75) is 26.3 Å². The molecule has 0 aliphatic carbocycles. The van der Waals surface area contributed by atoms with Gasteiger partial charge in [0.1, 0.15) is 5.56 Å². The van der Waals surface area contributed by atoms with Crippen LogP contribution >= 0.6 is 0 Å². The Kier molecular flexibility index (Phi) is 3.90. The smallest absolute Gasteiger partial charge is 0.256 e. The molecule has 84 valence electrons. The Morgan fingerprint density at radius 2 is 2.38 bits per heavy atom. The number of nitrogens with one attached hydrogen (secondary N) is 2. The molecule has 0 aliphatic heterocycles. The Hall–Kier alpha value is -2.02. The highest BCUT2D eigenvalue weighted by atomic mass is 16.2. The number of aryl methyl sites for hydroxylation is 1. The van der Waals surface area contributed by atoms with Crippen molar-refractivity contribution in [3.05, 3.63) is 33.7 Å². The van der Waals surface area contributed by atoms with E-state index in [2.05, 4.69) is 16.2 Å². The lowest BCUT2D eigenvalue weighted by molar-refractivity contribution is 0.0939. The molecule has 0 saturated carbocycles. The van der Waals surface area contributed by atoms with Crippen LogP contribution in [0.5, 0.6) is 0 Å². The summed E-state index contributed by atoms with van der Waals surface area (Å²) in [6.45, 7) is 3.55. The summed E-state index contributed by atoms with van der Waals surface area (Å²) < 4.78 is 0. The first-order valence-corrected chi connectivity index (χ1v) is 4.98. The van der Waals surface area contributed by atoms with Crippen LogP contribution in [0, 0.1) is 19.3 Å². The second-order valence-corrected chi connectivity index (χ2v) is 3.68. The summed E-state index contributed by atoms with van der Waals surface area (Å²) in [5.74, 6) is 2.05. The molecule has 1 unspecified atom stereocenters. The zero-order valence-corrected chi connectivity index (χ0v) is 9.33. The first kappa shape index (κ1) is 12.1. The van der Waals surface area contributed by atoms with E-state index in [1.165, 1.54) is 12.3 Å². The summed E-state index contributed by atoms with van der Waals surface area (Å²) in [5, 5.41) is 2.66. The van der Waals surface area contributed by atoms with Crippen molar-refractivity contribution in [1.82, 2.24) is 10.3 Å². The van der Waals surface area contributed by atoms with Gasteiger partial charge in [-0.3, -0.25) is 9.59 Å². The van der Waals surface area contributed by atoms with Gasteiger partial charge in [0.05, 0.1) is 0 Å². The van der Waals surface area contributed by atoms with Gasteiger partial charge >= 0.3 is 0 Å². The van der Waals surface area contributed by atoms with Crippen LogP contribution < -0.4 is 10.7 Å². The number of carbonyl (C=O) groups is 1. The minimum absolute atomic E-state index is 0.106. The van der Waals surface area contributed by atoms with Gasteiger partial charge in [-0.2, -0.15) is 0 Å². The van der Waals surface area contributed by atoms with Crippen LogP contribution in [0.2, 0.25) is 0 Å². The highest BCUT2D eigenvalue weighted by Gasteiger charge is 2.12. The van der Waals surface area contributed by atoms with Crippen LogP contribution in [0.4, 0.5) is 0 Å².